The third-order valence-corrected chi connectivity index (χ3v) is 6.06. The minimum atomic E-state index is -0.646. The fraction of sp³-hybridized carbons (Fsp3) is 0.238. The second kappa shape index (κ2) is 7.29. The van der Waals surface area contributed by atoms with Gasteiger partial charge >= 0.3 is 5.97 Å². The Morgan fingerprint density at radius 1 is 1.24 bits per heavy atom. The predicted molar refractivity (Wildman–Crippen MR) is 110 cm³/mol. The van der Waals surface area contributed by atoms with Crippen molar-refractivity contribution in [1.29, 1.82) is 0 Å². The molecular weight excluding hydrogens is 392 g/mol. The quantitative estimate of drug-likeness (QED) is 0.366. The molecule has 29 heavy (non-hydrogen) atoms. The zero-order valence-electron chi connectivity index (χ0n) is 16.1. The fourth-order valence-corrected chi connectivity index (χ4v) is 4.51. The second-order valence-corrected chi connectivity index (χ2v) is 7.64. The number of rotatable bonds is 5. The standard InChI is InChI=1S/C21H18N2O5S/c1-4-27-21(26)16-12(3)28-19-17(16)20(25)23(10-22-19)9-14(24)18-11(2)13-7-5-6-8-15(13)29-18/h5-8,10H,4,9H2,1-3H3. The molecule has 3 heterocycles. The lowest BCUT2D eigenvalue weighted by molar-refractivity contribution is 0.0526. The van der Waals surface area contributed by atoms with Crippen molar-refractivity contribution in [2.45, 2.75) is 27.3 Å². The number of aromatic nitrogens is 2. The summed E-state index contributed by atoms with van der Waals surface area (Å²) in [5.74, 6) is -0.579. The molecule has 0 saturated carbocycles. The molecule has 0 unspecified atom stereocenters. The monoisotopic (exact) mass is 410 g/mol. The number of benzene rings is 1. The Hall–Kier alpha value is -3.26. The molecule has 8 heteroatoms. The number of ether oxygens (including phenoxy) is 1. The van der Waals surface area contributed by atoms with Crippen molar-refractivity contribution in [2.75, 3.05) is 6.61 Å². The van der Waals surface area contributed by atoms with Gasteiger partial charge in [-0.15, -0.1) is 11.3 Å². The number of hydrogen-bond donors (Lipinski definition) is 0. The van der Waals surface area contributed by atoms with Crippen LogP contribution in [0, 0.1) is 13.8 Å². The zero-order valence-corrected chi connectivity index (χ0v) is 17.0. The Morgan fingerprint density at radius 2 is 2.00 bits per heavy atom. The highest BCUT2D eigenvalue weighted by Gasteiger charge is 2.25. The number of carbonyl (C=O) groups is 2. The summed E-state index contributed by atoms with van der Waals surface area (Å²) in [6.07, 6.45) is 1.27. The van der Waals surface area contributed by atoms with Crippen molar-refractivity contribution < 1.29 is 18.7 Å². The highest BCUT2D eigenvalue weighted by Crippen LogP contribution is 2.31. The SMILES string of the molecule is CCOC(=O)c1c(C)oc2ncn(CC(=O)c3sc4ccccc4c3C)c(=O)c12. The average molecular weight is 410 g/mol. The number of ketones is 1. The summed E-state index contributed by atoms with van der Waals surface area (Å²) in [4.78, 5) is 42.9. The Labute approximate surface area is 169 Å². The molecule has 0 fully saturated rings. The van der Waals surface area contributed by atoms with Crippen molar-refractivity contribution in [3.05, 3.63) is 62.7 Å². The molecule has 0 radical (unpaired) electrons. The fourth-order valence-electron chi connectivity index (χ4n) is 3.37. The molecule has 0 aliphatic rings. The van der Waals surface area contributed by atoms with Gasteiger partial charge in [0.25, 0.3) is 5.56 Å². The van der Waals surface area contributed by atoms with E-state index in [0.29, 0.717) is 4.88 Å². The maximum Gasteiger partial charge on any atom is 0.342 e. The molecule has 3 aromatic heterocycles. The summed E-state index contributed by atoms with van der Waals surface area (Å²) in [7, 11) is 0. The summed E-state index contributed by atoms with van der Waals surface area (Å²) in [6, 6.07) is 7.78. The second-order valence-electron chi connectivity index (χ2n) is 6.59. The molecular formula is C21H18N2O5S. The first kappa shape index (κ1) is 19.1. The van der Waals surface area contributed by atoms with E-state index in [1.165, 1.54) is 22.2 Å². The minimum Gasteiger partial charge on any atom is -0.462 e. The lowest BCUT2D eigenvalue weighted by atomic mass is 10.1. The normalized spacial score (nSPS) is 11.3. The molecule has 0 aliphatic heterocycles. The maximum absolute atomic E-state index is 13.0. The van der Waals surface area contributed by atoms with Gasteiger partial charge in [-0.1, -0.05) is 18.2 Å². The van der Waals surface area contributed by atoms with E-state index in [1.807, 2.05) is 31.2 Å². The van der Waals surface area contributed by atoms with Gasteiger partial charge in [0, 0.05) is 4.70 Å². The van der Waals surface area contributed by atoms with Gasteiger partial charge < -0.3 is 9.15 Å². The van der Waals surface area contributed by atoms with Crippen molar-refractivity contribution in [2.24, 2.45) is 0 Å². The van der Waals surface area contributed by atoms with Crippen LogP contribution in [0.1, 0.15) is 38.3 Å². The number of carbonyl (C=O) groups excluding carboxylic acids is 2. The number of fused-ring (bicyclic) bond motifs is 2. The number of esters is 1. The first-order valence-corrected chi connectivity index (χ1v) is 9.91. The number of Topliss-reactive ketones (excluding diaryl/α,β-unsaturated/α-hetero) is 1. The van der Waals surface area contributed by atoms with Gasteiger partial charge in [0.2, 0.25) is 5.71 Å². The van der Waals surface area contributed by atoms with Crippen molar-refractivity contribution >= 4 is 44.3 Å². The topological polar surface area (TPSA) is 91.4 Å². The summed E-state index contributed by atoms with van der Waals surface area (Å²) < 4.78 is 12.7. The molecule has 4 aromatic rings. The predicted octanol–water partition coefficient (Wildman–Crippen LogP) is 3.88. The van der Waals surface area contributed by atoms with E-state index in [0.717, 1.165) is 15.6 Å². The highest BCUT2D eigenvalue weighted by atomic mass is 32.1. The summed E-state index contributed by atoms with van der Waals surface area (Å²) in [6.45, 7) is 5.14. The van der Waals surface area contributed by atoms with E-state index in [9.17, 15) is 14.4 Å². The van der Waals surface area contributed by atoms with Crippen molar-refractivity contribution in [1.82, 2.24) is 9.55 Å². The van der Waals surface area contributed by atoms with Gasteiger partial charge in [-0.05, 0) is 37.8 Å². The molecule has 4 rings (SSSR count). The van der Waals surface area contributed by atoms with Crippen LogP contribution in [-0.4, -0.2) is 27.9 Å². The van der Waals surface area contributed by atoms with Crippen molar-refractivity contribution in [3.8, 4) is 0 Å². The number of furan rings is 1. The van der Waals surface area contributed by atoms with Crippen LogP contribution in [0.3, 0.4) is 0 Å². The lowest BCUT2D eigenvalue weighted by Gasteiger charge is -2.05. The van der Waals surface area contributed by atoms with Crippen LogP contribution < -0.4 is 5.56 Å². The van der Waals surface area contributed by atoms with Gasteiger partial charge in [-0.3, -0.25) is 14.2 Å². The number of aryl methyl sites for hydroxylation is 2. The Bertz CT molecular complexity index is 1330. The van der Waals surface area contributed by atoms with Crippen LogP contribution >= 0.6 is 11.3 Å². The maximum atomic E-state index is 13.0. The van der Waals surface area contributed by atoms with Crippen LogP contribution in [-0.2, 0) is 11.3 Å². The van der Waals surface area contributed by atoms with E-state index in [-0.39, 0.29) is 41.4 Å². The van der Waals surface area contributed by atoms with Crippen LogP contribution in [0.15, 0.2) is 39.8 Å². The summed E-state index contributed by atoms with van der Waals surface area (Å²) in [5.41, 5.74) is 0.488. The van der Waals surface area contributed by atoms with Gasteiger partial charge in [0.1, 0.15) is 23.0 Å². The minimum absolute atomic E-state index is 0.0318. The molecule has 0 spiro atoms. The zero-order chi connectivity index (χ0) is 20.7. The molecule has 148 valence electrons. The third-order valence-electron chi connectivity index (χ3n) is 4.75. The molecule has 0 N–H and O–H groups in total. The van der Waals surface area contributed by atoms with Crippen LogP contribution in [0.5, 0.6) is 0 Å². The number of nitrogens with zero attached hydrogens (tertiary/aromatic N) is 2. The van der Waals surface area contributed by atoms with Crippen molar-refractivity contribution in [3.63, 3.8) is 0 Å². The number of hydrogen-bond acceptors (Lipinski definition) is 7. The smallest absolute Gasteiger partial charge is 0.342 e. The van der Waals surface area contributed by atoms with E-state index >= 15 is 0 Å². The van der Waals surface area contributed by atoms with Crippen LogP contribution in [0.4, 0.5) is 0 Å². The molecule has 7 nitrogen and oxygen atoms in total. The average Bonchev–Trinajstić information content (AvgIpc) is 3.22. The summed E-state index contributed by atoms with van der Waals surface area (Å²) >= 11 is 1.40. The van der Waals surface area contributed by atoms with Gasteiger partial charge in [0.15, 0.2) is 5.78 Å². The number of thiophene rings is 1. The van der Waals surface area contributed by atoms with E-state index in [2.05, 4.69) is 4.98 Å². The molecule has 0 aliphatic carbocycles. The summed E-state index contributed by atoms with van der Waals surface area (Å²) in [5, 5.41) is 1.06. The van der Waals surface area contributed by atoms with Gasteiger partial charge in [-0.25, -0.2) is 9.78 Å². The molecule has 0 bridgehead atoms. The van der Waals surface area contributed by atoms with Gasteiger partial charge in [-0.2, -0.15) is 0 Å². The molecule has 0 amide bonds. The van der Waals surface area contributed by atoms with Gasteiger partial charge in [0.05, 0.1) is 18.0 Å². The Balaban J connectivity index is 1.76. The molecule has 0 atom stereocenters. The van der Waals surface area contributed by atoms with E-state index in [1.54, 1.807) is 13.8 Å². The van der Waals surface area contributed by atoms with Crippen LogP contribution in [0.25, 0.3) is 21.2 Å². The first-order valence-electron chi connectivity index (χ1n) is 9.09. The lowest BCUT2D eigenvalue weighted by Crippen LogP contribution is -2.25. The van der Waals surface area contributed by atoms with E-state index in [4.69, 9.17) is 9.15 Å². The van der Waals surface area contributed by atoms with E-state index < -0.39 is 11.5 Å². The largest absolute Gasteiger partial charge is 0.462 e. The Kier molecular flexibility index (Phi) is 4.79. The molecule has 0 saturated heterocycles. The molecule has 1 aromatic carbocycles. The highest BCUT2D eigenvalue weighted by molar-refractivity contribution is 7.21. The van der Waals surface area contributed by atoms with Crippen LogP contribution in [0.2, 0.25) is 0 Å². The Morgan fingerprint density at radius 3 is 2.72 bits per heavy atom. The first-order chi connectivity index (χ1) is 13.9. The third kappa shape index (κ3) is 3.15.